The van der Waals surface area contributed by atoms with E-state index >= 15 is 0 Å². The Balaban J connectivity index is 1.96. The predicted octanol–water partition coefficient (Wildman–Crippen LogP) is 1.66. The van der Waals surface area contributed by atoms with Crippen molar-refractivity contribution in [2.75, 3.05) is 11.9 Å². The third kappa shape index (κ3) is 5.87. The van der Waals surface area contributed by atoms with Gasteiger partial charge in [0.25, 0.3) is 5.96 Å². The normalized spacial score (nSPS) is 11.6. The zero-order valence-corrected chi connectivity index (χ0v) is 14.8. The summed E-state index contributed by atoms with van der Waals surface area (Å²) < 4.78 is 5.70. The van der Waals surface area contributed by atoms with Gasteiger partial charge in [-0.15, -0.1) is 9.97 Å². The van der Waals surface area contributed by atoms with E-state index < -0.39 is 0 Å². The van der Waals surface area contributed by atoms with Crippen LogP contribution in [0.2, 0.25) is 0 Å². The Kier molecular flexibility index (Phi) is 6.12. The number of rotatable bonds is 6. The van der Waals surface area contributed by atoms with E-state index in [0.717, 1.165) is 35.9 Å². The summed E-state index contributed by atoms with van der Waals surface area (Å²) in [5, 5.41) is 3.08. The largest absolute Gasteiger partial charge is 0.494 e. The lowest BCUT2D eigenvalue weighted by Gasteiger charge is -2.08. The average molecular weight is 328 g/mol. The van der Waals surface area contributed by atoms with Crippen molar-refractivity contribution in [2.45, 2.75) is 34.1 Å². The minimum atomic E-state index is 0.369. The van der Waals surface area contributed by atoms with E-state index in [-0.39, 0.29) is 0 Å². The van der Waals surface area contributed by atoms with Gasteiger partial charge in [0.15, 0.2) is 0 Å². The number of hydrogen-bond donors (Lipinski definition) is 3. The highest BCUT2D eigenvalue weighted by Gasteiger charge is 2.06. The predicted molar refractivity (Wildman–Crippen MR) is 96.3 cm³/mol. The summed E-state index contributed by atoms with van der Waals surface area (Å²) in [5.41, 5.74) is 8.61. The summed E-state index contributed by atoms with van der Waals surface area (Å²) in [6.45, 7) is 8.93. The molecule has 2 aromatic rings. The molecule has 128 valence electrons. The topological polar surface area (TPSA) is 87.0 Å². The molecule has 6 nitrogen and oxygen atoms in total. The SMILES string of the molecule is Cc1cc(C)nc([NH+]=C(N)Nc2ccc(OCCC(C)C)cc2)n1. The van der Waals surface area contributed by atoms with Crippen molar-refractivity contribution >= 4 is 17.6 Å². The molecule has 0 fully saturated rings. The first kappa shape index (κ1) is 17.7. The van der Waals surface area contributed by atoms with E-state index in [1.807, 2.05) is 44.2 Å². The summed E-state index contributed by atoms with van der Waals surface area (Å²) in [5.74, 6) is 2.34. The van der Waals surface area contributed by atoms with Crippen LogP contribution < -0.4 is 20.8 Å². The molecule has 0 spiro atoms. The van der Waals surface area contributed by atoms with Crippen LogP contribution >= 0.6 is 0 Å². The van der Waals surface area contributed by atoms with Crippen molar-refractivity contribution in [3.05, 3.63) is 41.7 Å². The lowest BCUT2D eigenvalue weighted by atomic mass is 10.1. The fourth-order valence-corrected chi connectivity index (χ4v) is 2.14. The molecular formula is C18H26N5O+. The van der Waals surface area contributed by atoms with Crippen molar-refractivity contribution in [1.82, 2.24) is 9.97 Å². The van der Waals surface area contributed by atoms with Crippen LogP contribution in [0.5, 0.6) is 5.75 Å². The van der Waals surface area contributed by atoms with E-state index in [9.17, 15) is 0 Å². The zero-order valence-electron chi connectivity index (χ0n) is 14.8. The monoisotopic (exact) mass is 328 g/mol. The molecule has 0 saturated heterocycles. The molecule has 0 bridgehead atoms. The number of nitrogens with two attached hydrogens (primary N) is 1. The molecule has 0 aliphatic rings. The lowest BCUT2D eigenvalue weighted by molar-refractivity contribution is -0.365. The maximum atomic E-state index is 5.97. The summed E-state index contributed by atoms with van der Waals surface area (Å²) in [4.78, 5) is 11.6. The Bertz CT molecular complexity index is 675. The third-order valence-corrected chi connectivity index (χ3v) is 3.33. The fourth-order valence-electron chi connectivity index (χ4n) is 2.14. The highest BCUT2D eigenvalue weighted by molar-refractivity contribution is 5.88. The highest BCUT2D eigenvalue weighted by atomic mass is 16.5. The Morgan fingerprint density at radius 1 is 1.17 bits per heavy atom. The lowest BCUT2D eigenvalue weighted by Crippen LogP contribution is -2.72. The van der Waals surface area contributed by atoms with E-state index in [0.29, 0.717) is 17.8 Å². The average Bonchev–Trinajstić information content (AvgIpc) is 2.47. The first-order chi connectivity index (χ1) is 11.4. The smallest absolute Gasteiger partial charge is 0.354 e. The first-order valence-electron chi connectivity index (χ1n) is 8.14. The second kappa shape index (κ2) is 8.29. The first-order valence-corrected chi connectivity index (χ1v) is 8.14. The maximum Gasteiger partial charge on any atom is 0.354 e. The fraction of sp³-hybridized carbons (Fsp3) is 0.389. The maximum absolute atomic E-state index is 5.97. The molecule has 0 saturated carbocycles. The van der Waals surface area contributed by atoms with Crippen LogP contribution in [-0.4, -0.2) is 22.5 Å². The second-order valence-electron chi connectivity index (χ2n) is 6.19. The Labute approximate surface area is 143 Å². The molecule has 1 aromatic carbocycles. The Hall–Kier alpha value is -2.63. The van der Waals surface area contributed by atoms with Crippen molar-refractivity contribution in [2.24, 2.45) is 11.7 Å². The van der Waals surface area contributed by atoms with Crippen LogP contribution in [0.25, 0.3) is 0 Å². The van der Waals surface area contributed by atoms with Crippen LogP contribution in [0.3, 0.4) is 0 Å². The molecule has 0 amide bonds. The molecule has 1 aromatic heterocycles. The van der Waals surface area contributed by atoms with E-state index in [1.54, 1.807) is 0 Å². The molecule has 0 atom stereocenters. The standard InChI is InChI=1S/C18H25N5O/c1-12(2)9-10-24-16-7-5-15(6-8-16)22-17(19)23-18-20-13(3)11-14(4)21-18/h5-8,11-12H,9-10H2,1-4H3,(H3,19,20,21,22,23)/p+1. The van der Waals surface area contributed by atoms with Gasteiger partial charge in [-0.05, 0) is 50.5 Å². The summed E-state index contributed by atoms with van der Waals surface area (Å²) in [6, 6.07) is 9.59. The van der Waals surface area contributed by atoms with Crippen LogP contribution in [0.15, 0.2) is 30.3 Å². The van der Waals surface area contributed by atoms with Crippen molar-refractivity contribution < 1.29 is 9.73 Å². The molecule has 0 unspecified atom stereocenters. The minimum absolute atomic E-state index is 0.369. The number of aromatic nitrogens is 2. The van der Waals surface area contributed by atoms with E-state index in [4.69, 9.17) is 10.5 Å². The third-order valence-electron chi connectivity index (χ3n) is 3.33. The van der Waals surface area contributed by atoms with Crippen LogP contribution in [0.1, 0.15) is 31.7 Å². The summed E-state index contributed by atoms with van der Waals surface area (Å²) in [7, 11) is 0. The second-order valence-corrected chi connectivity index (χ2v) is 6.19. The number of aryl methyl sites for hydroxylation is 2. The molecule has 6 heteroatoms. The van der Waals surface area contributed by atoms with Crippen LogP contribution in [0.4, 0.5) is 11.6 Å². The van der Waals surface area contributed by atoms with Gasteiger partial charge in [0.2, 0.25) is 0 Å². The number of benzene rings is 1. The van der Waals surface area contributed by atoms with Gasteiger partial charge in [0.1, 0.15) is 5.75 Å². The zero-order chi connectivity index (χ0) is 17.5. The van der Waals surface area contributed by atoms with Gasteiger partial charge in [0.05, 0.1) is 23.7 Å². The van der Waals surface area contributed by atoms with Crippen molar-refractivity contribution in [1.29, 1.82) is 0 Å². The molecule has 24 heavy (non-hydrogen) atoms. The quantitative estimate of drug-likeness (QED) is 0.554. The minimum Gasteiger partial charge on any atom is -0.494 e. The summed E-state index contributed by atoms with van der Waals surface area (Å²) in [6.07, 6.45) is 1.04. The van der Waals surface area contributed by atoms with Gasteiger partial charge in [0, 0.05) is 6.07 Å². The number of nitrogens with one attached hydrogen (secondary N) is 2. The number of hydrogen-bond acceptors (Lipinski definition) is 3. The van der Waals surface area contributed by atoms with Gasteiger partial charge < -0.3 is 10.5 Å². The van der Waals surface area contributed by atoms with Crippen molar-refractivity contribution in [3.8, 4) is 5.75 Å². The van der Waals surface area contributed by atoms with Gasteiger partial charge in [-0.2, -0.15) is 0 Å². The highest BCUT2D eigenvalue weighted by Crippen LogP contribution is 2.16. The molecule has 1 heterocycles. The number of guanidine groups is 1. The van der Waals surface area contributed by atoms with Gasteiger partial charge in [-0.3, -0.25) is 5.32 Å². The molecular weight excluding hydrogens is 302 g/mol. The van der Waals surface area contributed by atoms with Crippen molar-refractivity contribution in [3.63, 3.8) is 0 Å². The Morgan fingerprint density at radius 2 is 1.79 bits per heavy atom. The van der Waals surface area contributed by atoms with Crippen LogP contribution in [-0.2, 0) is 0 Å². The molecule has 0 aliphatic carbocycles. The van der Waals surface area contributed by atoms with E-state index in [2.05, 4.69) is 34.1 Å². The summed E-state index contributed by atoms with van der Waals surface area (Å²) >= 11 is 0. The van der Waals surface area contributed by atoms with Gasteiger partial charge >= 0.3 is 5.95 Å². The van der Waals surface area contributed by atoms with Gasteiger partial charge in [-0.1, -0.05) is 13.8 Å². The number of anilines is 1. The molecule has 0 radical (unpaired) electrons. The number of ether oxygens (including phenoxy) is 1. The molecule has 2 rings (SSSR count). The molecule has 0 aliphatic heterocycles. The van der Waals surface area contributed by atoms with E-state index in [1.165, 1.54) is 0 Å². The van der Waals surface area contributed by atoms with Crippen LogP contribution in [0, 0.1) is 19.8 Å². The molecule has 4 N–H and O–H groups in total. The number of nitrogens with zero attached hydrogens (tertiary/aromatic N) is 2. The Morgan fingerprint density at radius 3 is 2.38 bits per heavy atom. The van der Waals surface area contributed by atoms with Gasteiger partial charge in [-0.25, -0.2) is 4.99 Å².